The molecule has 128 valence electrons. The number of aliphatic carboxylic acids is 1. The number of anilines is 1. The number of rotatable bonds is 1. The van der Waals surface area contributed by atoms with E-state index in [2.05, 4.69) is 15.9 Å². The lowest BCUT2D eigenvalue weighted by Crippen LogP contribution is -2.45. The second kappa shape index (κ2) is 5.84. The third-order valence-corrected chi connectivity index (χ3v) is 5.21. The number of piperidine rings is 1. The molecule has 4 rings (SSSR count). The number of carboxylic acids is 1. The molecule has 0 aromatic heterocycles. The topological polar surface area (TPSA) is 66.8 Å². The summed E-state index contributed by atoms with van der Waals surface area (Å²) in [5, 5.41) is 9.69. The Morgan fingerprint density at radius 2 is 2.04 bits per heavy atom. The highest BCUT2D eigenvalue weighted by atomic mass is 79.9. The Kier molecular flexibility index (Phi) is 3.76. The summed E-state index contributed by atoms with van der Waals surface area (Å²) in [4.78, 5) is 26.0. The number of carbonyl (C=O) groups is 2. The molecule has 0 saturated carbocycles. The van der Waals surface area contributed by atoms with E-state index in [1.54, 1.807) is 24.3 Å². The SMILES string of the molecule is O=C(O)[C@H]1CCC(=O)N2c3c(Br)cc(F)cc3Oc3ccccc3[C@@H]12. The van der Waals surface area contributed by atoms with Crippen molar-refractivity contribution >= 4 is 33.5 Å². The monoisotopic (exact) mass is 405 g/mol. The van der Waals surface area contributed by atoms with Crippen molar-refractivity contribution in [2.24, 2.45) is 5.92 Å². The first-order valence-electron chi connectivity index (χ1n) is 7.78. The van der Waals surface area contributed by atoms with Crippen LogP contribution in [0.15, 0.2) is 40.9 Å². The van der Waals surface area contributed by atoms with Crippen molar-refractivity contribution in [3.8, 4) is 11.5 Å². The van der Waals surface area contributed by atoms with E-state index in [-0.39, 0.29) is 24.5 Å². The molecule has 2 atom stereocenters. The van der Waals surface area contributed by atoms with Gasteiger partial charge in [0.25, 0.3) is 0 Å². The number of halogens is 2. The minimum atomic E-state index is -0.973. The fourth-order valence-electron chi connectivity index (χ4n) is 3.56. The van der Waals surface area contributed by atoms with Crippen LogP contribution in [0, 0.1) is 11.7 Å². The van der Waals surface area contributed by atoms with Crippen LogP contribution in [-0.4, -0.2) is 17.0 Å². The number of hydrogen-bond donors (Lipinski definition) is 1. The summed E-state index contributed by atoms with van der Waals surface area (Å²) in [6.45, 7) is 0. The number of fused-ring (bicyclic) bond motifs is 5. The molecule has 0 unspecified atom stereocenters. The Morgan fingerprint density at radius 1 is 1.28 bits per heavy atom. The standard InChI is InChI=1S/C18H13BrFNO4/c19-12-7-9(20)8-14-17(12)21-15(22)6-5-11(18(23)24)16(21)10-3-1-2-4-13(10)25-14/h1-4,7-8,11,16H,5-6H2,(H,23,24)/t11-,16-/m0/s1. The van der Waals surface area contributed by atoms with Gasteiger partial charge in [0.15, 0.2) is 5.75 Å². The highest BCUT2D eigenvalue weighted by Gasteiger charge is 2.45. The van der Waals surface area contributed by atoms with Gasteiger partial charge in [-0.2, -0.15) is 0 Å². The van der Waals surface area contributed by atoms with Crippen LogP contribution < -0.4 is 9.64 Å². The summed E-state index contributed by atoms with van der Waals surface area (Å²) in [6, 6.07) is 8.70. The number of carbonyl (C=O) groups excluding carboxylic acids is 1. The lowest BCUT2D eigenvalue weighted by molar-refractivity contribution is -0.144. The van der Waals surface area contributed by atoms with Gasteiger partial charge < -0.3 is 9.84 Å². The Labute approximate surface area is 151 Å². The van der Waals surface area contributed by atoms with E-state index < -0.39 is 23.7 Å². The number of nitrogens with zero attached hydrogens (tertiary/aromatic N) is 1. The summed E-state index contributed by atoms with van der Waals surface area (Å²) in [5.74, 6) is -1.86. The number of hydrogen-bond acceptors (Lipinski definition) is 3. The maximum atomic E-state index is 13.9. The van der Waals surface area contributed by atoms with Crippen molar-refractivity contribution in [3.05, 3.63) is 52.3 Å². The van der Waals surface area contributed by atoms with E-state index in [1.165, 1.54) is 17.0 Å². The van der Waals surface area contributed by atoms with Crippen molar-refractivity contribution < 1.29 is 23.8 Å². The molecule has 7 heteroatoms. The van der Waals surface area contributed by atoms with Gasteiger partial charge in [0.1, 0.15) is 17.3 Å². The highest BCUT2D eigenvalue weighted by Crippen LogP contribution is 2.52. The molecular weight excluding hydrogens is 393 g/mol. The Morgan fingerprint density at radius 3 is 2.80 bits per heavy atom. The summed E-state index contributed by atoms with van der Waals surface area (Å²) < 4.78 is 20.1. The van der Waals surface area contributed by atoms with Gasteiger partial charge >= 0.3 is 5.97 Å². The molecular formula is C18H13BrFNO4. The second-order valence-corrected chi connectivity index (χ2v) is 6.92. The van der Waals surface area contributed by atoms with Gasteiger partial charge in [-0.25, -0.2) is 4.39 Å². The molecule has 2 aliphatic heterocycles. The van der Waals surface area contributed by atoms with Gasteiger partial charge in [0.2, 0.25) is 5.91 Å². The smallest absolute Gasteiger partial charge is 0.308 e. The van der Waals surface area contributed by atoms with Crippen LogP contribution in [0.2, 0.25) is 0 Å². The van der Waals surface area contributed by atoms with Crippen LogP contribution in [0.25, 0.3) is 0 Å². The number of para-hydroxylation sites is 1. The van der Waals surface area contributed by atoms with Crippen LogP contribution in [0.1, 0.15) is 24.4 Å². The molecule has 2 aromatic rings. The summed E-state index contributed by atoms with van der Waals surface area (Å²) >= 11 is 3.30. The molecule has 1 fully saturated rings. The third-order valence-electron chi connectivity index (χ3n) is 4.61. The molecule has 0 spiro atoms. The zero-order valence-corrected chi connectivity index (χ0v) is 14.5. The first kappa shape index (κ1) is 16.1. The predicted molar refractivity (Wildman–Crippen MR) is 91.2 cm³/mol. The maximum Gasteiger partial charge on any atom is 0.308 e. The van der Waals surface area contributed by atoms with E-state index in [0.29, 0.717) is 21.5 Å². The summed E-state index contributed by atoms with van der Waals surface area (Å²) in [6.07, 6.45) is 0.358. The number of carboxylic acid groups (broad SMARTS) is 1. The Bertz CT molecular complexity index is 901. The van der Waals surface area contributed by atoms with Crippen LogP contribution in [0.5, 0.6) is 11.5 Å². The normalized spacial score (nSPS) is 21.5. The number of amides is 1. The quantitative estimate of drug-likeness (QED) is 0.769. The average Bonchev–Trinajstić information content (AvgIpc) is 2.70. The van der Waals surface area contributed by atoms with Crippen LogP contribution in [0.3, 0.4) is 0 Å². The van der Waals surface area contributed by atoms with Crippen LogP contribution in [0.4, 0.5) is 10.1 Å². The molecule has 2 aliphatic rings. The van der Waals surface area contributed by atoms with Crippen LogP contribution in [-0.2, 0) is 9.59 Å². The average molecular weight is 406 g/mol. The van der Waals surface area contributed by atoms with Gasteiger partial charge in [-0.1, -0.05) is 18.2 Å². The van der Waals surface area contributed by atoms with Crippen molar-refractivity contribution in [2.75, 3.05) is 4.90 Å². The molecule has 0 bridgehead atoms. The third kappa shape index (κ3) is 2.50. The molecule has 0 radical (unpaired) electrons. The van der Waals surface area contributed by atoms with Gasteiger partial charge in [-0.3, -0.25) is 14.5 Å². The van der Waals surface area contributed by atoms with Gasteiger partial charge in [-0.05, 0) is 34.5 Å². The second-order valence-electron chi connectivity index (χ2n) is 6.07. The first-order chi connectivity index (χ1) is 12.0. The van der Waals surface area contributed by atoms with Gasteiger partial charge in [0.05, 0.1) is 12.0 Å². The van der Waals surface area contributed by atoms with E-state index in [9.17, 15) is 19.1 Å². The van der Waals surface area contributed by atoms with E-state index >= 15 is 0 Å². The molecule has 2 heterocycles. The number of ether oxygens (including phenoxy) is 1. The molecule has 1 N–H and O–H groups in total. The summed E-state index contributed by atoms with van der Waals surface area (Å²) in [5.41, 5.74) is 0.963. The van der Waals surface area contributed by atoms with Crippen molar-refractivity contribution in [1.29, 1.82) is 0 Å². The zero-order valence-electron chi connectivity index (χ0n) is 12.9. The lowest BCUT2D eigenvalue weighted by Gasteiger charge is -2.39. The molecule has 1 amide bonds. The lowest BCUT2D eigenvalue weighted by atomic mass is 9.83. The first-order valence-corrected chi connectivity index (χ1v) is 8.57. The molecule has 5 nitrogen and oxygen atoms in total. The zero-order chi connectivity index (χ0) is 17.7. The van der Waals surface area contributed by atoms with E-state index in [0.717, 1.165) is 0 Å². The minimum Gasteiger partial charge on any atom is -0.481 e. The number of benzene rings is 2. The highest BCUT2D eigenvalue weighted by molar-refractivity contribution is 9.10. The van der Waals surface area contributed by atoms with E-state index in [4.69, 9.17) is 4.74 Å². The van der Waals surface area contributed by atoms with Gasteiger partial charge in [-0.15, -0.1) is 0 Å². The van der Waals surface area contributed by atoms with Crippen LogP contribution >= 0.6 is 15.9 Å². The van der Waals surface area contributed by atoms with E-state index in [1.807, 2.05) is 0 Å². The Balaban J connectivity index is 2.03. The molecule has 25 heavy (non-hydrogen) atoms. The molecule has 0 aliphatic carbocycles. The predicted octanol–water partition coefficient (Wildman–Crippen LogP) is 4.26. The van der Waals surface area contributed by atoms with Crippen molar-refractivity contribution in [2.45, 2.75) is 18.9 Å². The maximum absolute atomic E-state index is 13.9. The fourth-order valence-corrected chi connectivity index (χ4v) is 4.17. The molecule has 1 saturated heterocycles. The fraction of sp³-hybridized carbons (Fsp3) is 0.222. The largest absolute Gasteiger partial charge is 0.481 e. The van der Waals surface area contributed by atoms with Gasteiger partial charge in [0, 0.05) is 22.5 Å². The minimum absolute atomic E-state index is 0.110. The van der Waals surface area contributed by atoms with Crippen molar-refractivity contribution in [1.82, 2.24) is 0 Å². The van der Waals surface area contributed by atoms with Crippen molar-refractivity contribution in [3.63, 3.8) is 0 Å². The Hall–Kier alpha value is -2.41. The molecule has 2 aromatic carbocycles. The summed E-state index contributed by atoms with van der Waals surface area (Å²) in [7, 11) is 0.